The third-order valence-electron chi connectivity index (χ3n) is 3.18. The summed E-state index contributed by atoms with van der Waals surface area (Å²) in [6.07, 6.45) is 0.425. The molecule has 1 unspecified atom stereocenters. The molecule has 0 aliphatic heterocycles. The Labute approximate surface area is 148 Å². The molecule has 0 saturated heterocycles. The zero-order chi connectivity index (χ0) is 16.2. The first-order chi connectivity index (χ1) is 9.69. The number of hydrogen-bond donors (Lipinski definition) is 3. The Balaban J connectivity index is 2.73. The van der Waals surface area contributed by atoms with Crippen LogP contribution in [0.2, 0.25) is 0 Å². The third-order valence-corrected chi connectivity index (χ3v) is 4.89. The predicted molar refractivity (Wildman–Crippen MR) is 92.6 cm³/mol. The average Bonchev–Trinajstić information content (AvgIpc) is 2.39. The molecule has 0 fully saturated rings. The topological polar surface area (TPSA) is 78.4 Å². The van der Waals surface area contributed by atoms with Crippen LogP contribution in [-0.2, 0) is 4.79 Å². The maximum Gasteiger partial charge on any atom is 0.319 e. The number of anilines is 1. The summed E-state index contributed by atoms with van der Waals surface area (Å²) >= 11 is 10.1. The van der Waals surface area contributed by atoms with E-state index in [1.807, 2.05) is 0 Å². The van der Waals surface area contributed by atoms with Crippen molar-refractivity contribution in [1.82, 2.24) is 5.32 Å². The third kappa shape index (κ3) is 4.96. The van der Waals surface area contributed by atoms with Crippen LogP contribution in [0.1, 0.15) is 20.3 Å². The molecular formula is C13H15Br3N2O3. The minimum absolute atomic E-state index is 0.0520. The van der Waals surface area contributed by atoms with Crippen molar-refractivity contribution in [3.63, 3.8) is 0 Å². The van der Waals surface area contributed by atoms with Crippen LogP contribution in [0.3, 0.4) is 0 Å². The fourth-order valence-corrected chi connectivity index (χ4v) is 3.90. The van der Waals surface area contributed by atoms with Crippen molar-refractivity contribution in [2.75, 3.05) is 11.9 Å². The average molecular weight is 487 g/mol. The molecule has 8 heteroatoms. The molecule has 1 rings (SSSR count). The zero-order valence-corrected chi connectivity index (χ0v) is 16.2. The van der Waals surface area contributed by atoms with Gasteiger partial charge in [-0.25, -0.2) is 4.79 Å². The van der Waals surface area contributed by atoms with Crippen molar-refractivity contribution in [2.45, 2.75) is 20.3 Å². The predicted octanol–water partition coefficient (Wildman–Crippen LogP) is 4.60. The molecule has 2 amide bonds. The second-order valence-electron chi connectivity index (χ2n) is 4.77. The molecule has 5 nitrogen and oxygen atoms in total. The fourth-order valence-electron chi connectivity index (χ4n) is 1.45. The molecule has 0 bridgehead atoms. The molecule has 1 atom stereocenters. The lowest BCUT2D eigenvalue weighted by atomic mass is 9.88. The summed E-state index contributed by atoms with van der Waals surface area (Å²) in [6.45, 7) is 3.42. The van der Waals surface area contributed by atoms with Gasteiger partial charge in [0.15, 0.2) is 0 Å². The summed E-state index contributed by atoms with van der Waals surface area (Å²) in [5, 5.41) is 14.4. The van der Waals surface area contributed by atoms with E-state index in [0.717, 1.165) is 4.47 Å². The molecule has 1 aromatic carbocycles. The summed E-state index contributed by atoms with van der Waals surface area (Å²) in [5.74, 6) is -0.934. The standard InChI is InChI=1S/C13H15Br3N2O3/c1-3-13(2,11(19)20)6-17-12(21)18-10-8(15)4-7(14)5-9(10)16/h4-5H,3,6H2,1-2H3,(H,19,20)(H2,17,18,21). The van der Waals surface area contributed by atoms with Crippen LogP contribution in [0.4, 0.5) is 10.5 Å². The quantitative estimate of drug-likeness (QED) is 0.569. The first kappa shape index (κ1) is 18.4. The Kier molecular flexibility index (Phi) is 6.68. The molecule has 0 spiro atoms. The number of benzene rings is 1. The van der Waals surface area contributed by atoms with Crippen LogP contribution in [0.5, 0.6) is 0 Å². The lowest BCUT2D eigenvalue weighted by Gasteiger charge is -2.23. The van der Waals surface area contributed by atoms with Gasteiger partial charge in [0, 0.05) is 20.0 Å². The second-order valence-corrected chi connectivity index (χ2v) is 7.40. The van der Waals surface area contributed by atoms with E-state index in [1.54, 1.807) is 26.0 Å². The van der Waals surface area contributed by atoms with Crippen LogP contribution in [0, 0.1) is 5.41 Å². The minimum atomic E-state index is -0.981. The largest absolute Gasteiger partial charge is 0.481 e. The van der Waals surface area contributed by atoms with Crippen LogP contribution < -0.4 is 10.6 Å². The van der Waals surface area contributed by atoms with Crippen molar-refractivity contribution in [3.8, 4) is 0 Å². The number of aliphatic carboxylic acids is 1. The van der Waals surface area contributed by atoms with Crippen LogP contribution >= 0.6 is 47.8 Å². The van der Waals surface area contributed by atoms with Gasteiger partial charge in [0.1, 0.15) is 0 Å². The molecule has 0 heterocycles. The van der Waals surface area contributed by atoms with Crippen LogP contribution in [0.25, 0.3) is 0 Å². The molecule has 1 aromatic rings. The fraction of sp³-hybridized carbons (Fsp3) is 0.385. The number of carbonyl (C=O) groups is 2. The molecule has 116 valence electrons. The van der Waals surface area contributed by atoms with E-state index in [2.05, 4.69) is 58.4 Å². The smallest absolute Gasteiger partial charge is 0.319 e. The molecule has 0 radical (unpaired) electrons. The van der Waals surface area contributed by atoms with Gasteiger partial charge in [-0.2, -0.15) is 0 Å². The molecule has 21 heavy (non-hydrogen) atoms. The molecule has 0 saturated carbocycles. The lowest BCUT2D eigenvalue weighted by Crippen LogP contribution is -2.42. The second kappa shape index (κ2) is 7.60. The van der Waals surface area contributed by atoms with Crippen molar-refractivity contribution < 1.29 is 14.7 Å². The molecule has 0 aliphatic carbocycles. The Morgan fingerprint density at radius 2 is 1.76 bits per heavy atom. The number of carboxylic acids is 1. The zero-order valence-electron chi connectivity index (χ0n) is 11.5. The van der Waals surface area contributed by atoms with Gasteiger partial charge in [-0.1, -0.05) is 22.9 Å². The number of halogens is 3. The first-order valence-electron chi connectivity index (χ1n) is 6.12. The summed E-state index contributed by atoms with van der Waals surface area (Å²) in [5.41, 5.74) is -0.407. The number of rotatable bonds is 5. The maximum atomic E-state index is 11.9. The van der Waals surface area contributed by atoms with E-state index < -0.39 is 17.4 Å². The van der Waals surface area contributed by atoms with Gasteiger partial charge in [-0.15, -0.1) is 0 Å². The molecule has 3 N–H and O–H groups in total. The van der Waals surface area contributed by atoms with E-state index in [1.165, 1.54) is 0 Å². The van der Waals surface area contributed by atoms with Crippen LogP contribution in [-0.4, -0.2) is 23.7 Å². The van der Waals surface area contributed by atoms with E-state index in [9.17, 15) is 9.59 Å². The van der Waals surface area contributed by atoms with E-state index in [-0.39, 0.29) is 6.54 Å². The highest BCUT2D eigenvalue weighted by molar-refractivity contribution is 9.11. The summed E-state index contributed by atoms with van der Waals surface area (Å²) in [4.78, 5) is 23.1. The van der Waals surface area contributed by atoms with Gasteiger partial charge in [0.05, 0.1) is 11.1 Å². The van der Waals surface area contributed by atoms with Gasteiger partial charge in [-0.05, 0) is 57.3 Å². The molecular weight excluding hydrogens is 472 g/mol. The maximum absolute atomic E-state index is 11.9. The Morgan fingerprint density at radius 1 is 1.24 bits per heavy atom. The summed E-state index contributed by atoms with van der Waals surface area (Å²) < 4.78 is 2.27. The highest BCUT2D eigenvalue weighted by Crippen LogP contribution is 2.34. The van der Waals surface area contributed by atoms with Crippen LogP contribution in [0.15, 0.2) is 25.6 Å². The highest BCUT2D eigenvalue weighted by atomic mass is 79.9. The minimum Gasteiger partial charge on any atom is -0.481 e. The Morgan fingerprint density at radius 3 is 2.19 bits per heavy atom. The lowest BCUT2D eigenvalue weighted by molar-refractivity contribution is -0.147. The van der Waals surface area contributed by atoms with Crippen molar-refractivity contribution in [3.05, 3.63) is 25.6 Å². The van der Waals surface area contributed by atoms with Gasteiger partial charge in [0.2, 0.25) is 0 Å². The monoisotopic (exact) mass is 484 g/mol. The summed E-state index contributed by atoms with van der Waals surface area (Å²) in [6, 6.07) is 3.14. The molecule has 0 aliphatic rings. The van der Waals surface area contributed by atoms with Gasteiger partial charge >= 0.3 is 12.0 Å². The van der Waals surface area contributed by atoms with Gasteiger partial charge < -0.3 is 15.7 Å². The number of hydrogen-bond acceptors (Lipinski definition) is 2. The van der Waals surface area contributed by atoms with Gasteiger partial charge in [-0.3, -0.25) is 4.79 Å². The number of amides is 2. The number of carbonyl (C=O) groups excluding carboxylic acids is 1. The first-order valence-corrected chi connectivity index (χ1v) is 8.50. The SMILES string of the molecule is CCC(C)(CNC(=O)Nc1c(Br)cc(Br)cc1Br)C(=O)O. The van der Waals surface area contributed by atoms with Gasteiger partial charge in [0.25, 0.3) is 0 Å². The van der Waals surface area contributed by atoms with Crippen molar-refractivity contribution in [1.29, 1.82) is 0 Å². The summed E-state index contributed by atoms with van der Waals surface area (Å²) in [7, 11) is 0. The Hall–Kier alpha value is -0.600. The Bertz CT molecular complexity index is 543. The number of carboxylic acid groups (broad SMARTS) is 1. The van der Waals surface area contributed by atoms with E-state index in [0.29, 0.717) is 21.1 Å². The normalized spacial score (nSPS) is 13.4. The van der Waals surface area contributed by atoms with E-state index in [4.69, 9.17) is 5.11 Å². The number of urea groups is 1. The van der Waals surface area contributed by atoms with Crippen molar-refractivity contribution >= 4 is 65.5 Å². The van der Waals surface area contributed by atoms with E-state index >= 15 is 0 Å². The molecule has 0 aromatic heterocycles. The van der Waals surface area contributed by atoms with Crippen molar-refractivity contribution in [2.24, 2.45) is 5.41 Å². The number of nitrogens with one attached hydrogen (secondary N) is 2. The highest BCUT2D eigenvalue weighted by Gasteiger charge is 2.31.